The Morgan fingerprint density at radius 2 is 2.24 bits per heavy atom. The molecule has 1 fully saturated rings. The Morgan fingerprint density at radius 3 is 2.94 bits per heavy atom. The molecule has 2 N–H and O–H groups in total. The Bertz CT molecular complexity index is 371. The van der Waals surface area contributed by atoms with Crippen molar-refractivity contribution in [3.05, 3.63) is 17.5 Å². The van der Waals surface area contributed by atoms with Crippen LogP contribution >= 0.6 is 0 Å². The van der Waals surface area contributed by atoms with Gasteiger partial charge in [-0.1, -0.05) is 6.92 Å². The summed E-state index contributed by atoms with van der Waals surface area (Å²) in [5, 5.41) is 4.31. The van der Waals surface area contributed by atoms with Crippen LogP contribution < -0.4 is 5.73 Å². The van der Waals surface area contributed by atoms with Crippen molar-refractivity contribution in [3.8, 4) is 0 Å². The third-order valence-corrected chi connectivity index (χ3v) is 4.23. The fourth-order valence-electron chi connectivity index (χ4n) is 2.72. The average molecular weight is 236 g/mol. The van der Waals surface area contributed by atoms with Crippen LogP contribution in [0.4, 0.5) is 0 Å². The summed E-state index contributed by atoms with van der Waals surface area (Å²) in [5.41, 5.74) is 8.21. The molecule has 17 heavy (non-hydrogen) atoms. The average Bonchev–Trinajstić information content (AvgIpc) is 2.66. The molecular formula is C13H24N4. The summed E-state index contributed by atoms with van der Waals surface area (Å²) in [4.78, 5) is 2.56. The van der Waals surface area contributed by atoms with Gasteiger partial charge in [0.05, 0.1) is 11.9 Å². The number of likely N-dealkylation sites (tertiary alicyclic amines) is 1. The van der Waals surface area contributed by atoms with Gasteiger partial charge in [0.2, 0.25) is 0 Å². The van der Waals surface area contributed by atoms with E-state index in [1.54, 1.807) is 0 Å². The van der Waals surface area contributed by atoms with Gasteiger partial charge in [-0.05, 0) is 32.2 Å². The molecule has 1 aliphatic rings. The molecule has 0 aliphatic carbocycles. The van der Waals surface area contributed by atoms with Crippen LogP contribution in [0.1, 0.15) is 37.9 Å². The topological polar surface area (TPSA) is 47.1 Å². The number of rotatable bonds is 3. The zero-order valence-electron chi connectivity index (χ0n) is 11.2. The van der Waals surface area contributed by atoms with Gasteiger partial charge in [-0.25, -0.2) is 0 Å². The van der Waals surface area contributed by atoms with E-state index in [0.29, 0.717) is 12.6 Å². The van der Waals surface area contributed by atoms with Gasteiger partial charge in [0, 0.05) is 31.7 Å². The van der Waals surface area contributed by atoms with Crippen LogP contribution in [-0.4, -0.2) is 27.3 Å². The van der Waals surface area contributed by atoms with Gasteiger partial charge in [0.15, 0.2) is 0 Å². The molecule has 0 aromatic carbocycles. The maximum Gasteiger partial charge on any atom is 0.0566 e. The highest BCUT2D eigenvalue weighted by atomic mass is 15.3. The number of nitrogens with two attached hydrogens (primary N) is 1. The molecule has 1 aliphatic heterocycles. The van der Waals surface area contributed by atoms with Crippen molar-refractivity contribution in [2.75, 3.05) is 6.54 Å². The first kappa shape index (κ1) is 12.6. The standard InChI is InChI=1S/C13H24N4/c1-10-5-4-6-17(11(10)2)9-13-12(7-14)8-15-16(13)3/h8,10-11H,4-7,9,14H2,1-3H3. The minimum atomic E-state index is 0.584. The number of hydrogen-bond acceptors (Lipinski definition) is 3. The lowest BCUT2D eigenvalue weighted by molar-refractivity contribution is 0.103. The van der Waals surface area contributed by atoms with Crippen molar-refractivity contribution in [1.82, 2.24) is 14.7 Å². The van der Waals surface area contributed by atoms with E-state index in [4.69, 9.17) is 5.73 Å². The molecule has 4 nitrogen and oxygen atoms in total. The number of piperidine rings is 1. The van der Waals surface area contributed by atoms with E-state index in [9.17, 15) is 0 Å². The van der Waals surface area contributed by atoms with Crippen LogP contribution in [-0.2, 0) is 20.1 Å². The summed E-state index contributed by atoms with van der Waals surface area (Å²) < 4.78 is 1.97. The van der Waals surface area contributed by atoms with Gasteiger partial charge < -0.3 is 5.73 Å². The fourth-order valence-corrected chi connectivity index (χ4v) is 2.72. The minimum Gasteiger partial charge on any atom is -0.326 e. The van der Waals surface area contributed by atoms with Crippen molar-refractivity contribution in [2.45, 2.75) is 45.8 Å². The van der Waals surface area contributed by atoms with E-state index >= 15 is 0 Å². The van der Waals surface area contributed by atoms with Gasteiger partial charge in [0.1, 0.15) is 0 Å². The Kier molecular flexibility index (Phi) is 3.84. The summed E-state index contributed by atoms with van der Waals surface area (Å²) in [6.07, 6.45) is 4.56. The molecule has 0 spiro atoms. The maximum absolute atomic E-state index is 5.76. The lowest BCUT2D eigenvalue weighted by Gasteiger charge is -2.38. The minimum absolute atomic E-state index is 0.584. The molecule has 0 bridgehead atoms. The van der Waals surface area contributed by atoms with Crippen LogP contribution in [0.3, 0.4) is 0 Å². The van der Waals surface area contributed by atoms with Gasteiger partial charge in [0.25, 0.3) is 0 Å². The van der Waals surface area contributed by atoms with E-state index in [1.807, 2.05) is 17.9 Å². The van der Waals surface area contributed by atoms with Crippen molar-refractivity contribution in [1.29, 1.82) is 0 Å². The molecule has 4 heteroatoms. The lowest BCUT2D eigenvalue weighted by Crippen LogP contribution is -2.42. The molecule has 0 saturated carbocycles. The van der Waals surface area contributed by atoms with E-state index in [1.165, 1.54) is 30.6 Å². The summed E-state index contributed by atoms with van der Waals surface area (Å²) in [7, 11) is 2.01. The molecule has 1 aromatic heterocycles. The summed E-state index contributed by atoms with van der Waals surface area (Å²) >= 11 is 0. The summed E-state index contributed by atoms with van der Waals surface area (Å²) in [6, 6.07) is 0.657. The zero-order chi connectivity index (χ0) is 12.4. The SMILES string of the molecule is CC1CCCN(Cc2c(CN)cnn2C)C1C. The Hall–Kier alpha value is -0.870. The molecule has 2 rings (SSSR count). The Labute approximate surface area is 104 Å². The van der Waals surface area contributed by atoms with E-state index in [0.717, 1.165) is 12.5 Å². The number of nitrogens with zero attached hydrogens (tertiary/aromatic N) is 3. The third kappa shape index (κ3) is 2.53. The van der Waals surface area contributed by atoms with E-state index in [2.05, 4.69) is 23.8 Å². The molecule has 1 aromatic rings. The summed E-state index contributed by atoms with van der Waals surface area (Å²) in [5.74, 6) is 0.790. The van der Waals surface area contributed by atoms with Gasteiger partial charge in [-0.15, -0.1) is 0 Å². The number of hydrogen-bond donors (Lipinski definition) is 1. The molecule has 96 valence electrons. The van der Waals surface area contributed by atoms with Crippen molar-refractivity contribution in [2.24, 2.45) is 18.7 Å². The highest BCUT2D eigenvalue weighted by Crippen LogP contribution is 2.25. The maximum atomic E-state index is 5.76. The van der Waals surface area contributed by atoms with Crippen LogP contribution in [0.15, 0.2) is 6.20 Å². The highest BCUT2D eigenvalue weighted by Gasteiger charge is 2.25. The smallest absolute Gasteiger partial charge is 0.0566 e. The molecule has 2 atom stereocenters. The predicted octanol–water partition coefficient (Wildman–Crippen LogP) is 1.50. The molecular weight excluding hydrogens is 212 g/mol. The second kappa shape index (κ2) is 5.19. The quantitative estimate of drug-likeness (QED) is 0.865. The first-order valence-electron chi connectivity index (χ1n) is 6.57. The first-order chi connectivity index (χ1) is 8.13. The van der Waals surface area contributed by atoms with Crippen LogP contribution in [0.2, 0.25) is 0 Å². The highest BCUT2D eigenvalue weighted by molar-refractivity contribution is 5.17. The third-order valence-electron chi connectivity index (χ3n) is 4.23. The second-order valence-corrected chi connectivity index (χ2v) is 5.27. The first-order valence-corrected chi connectivity index (χ1v) is 6.57. The van der Waals surface area contributed by atoms with Crippen molar-refractivity contribution in [3.63, 3.8) is 0 Å². The lowest BCUT2D eigenvalue weighted by atomic mass is 9.92. The largest absolute Gasteiger partial charge is 0.326 e. The van der Waals surface area contributed by atoms with Gasteiger partial charge in [-0.3, -0.25) is 9.58 Å². The summed E-state index contributed by atoms with van der Waals surface area (Å²) in [6.45, 7) is 7.45. The molecule has 2 heterocycles. The number of aromatic nitrogens is 2. The van der Waals surface area contributed by atoms with Crippen LogP contribution in [0.25, 0.3) is 0 Å². The van der Waals surface area contributed by atoms with Crippen LogP contribution in [0.5, 0.6) is 0 Å². The normalized spacial score (nSPS) is 26.4. The number of aryl methyl sites for hydroxylation is 1. The monoisotopic (exact) mass is 236 g/mol. The molecule has 1 saturated heterocycles. The second-order valence-electron chi connectivity index (χ2n) is 5.27. The van der Waals surface area contributed by atoms with E-state index in [-0.39, 0.29) is 0 Å². The molecule has 0 radical (unpaired) electrons. The van der Waals surface area contributed by atoms with Crippen molar-refractivity contribution < 1.29 is 0 Å². The fraction of sp³-hybridized carbons (Fsp3) is 0.769. The predicted molar refractivity (Wildman–Crippen MR) is 69.4 cm³/mol. The molecule has 2 unspecified atom stereocenters. The molecule has 0 amide bonds. The van der Waals surface area contributed by atoms with E-state index < -0.39 is 0 Å². The Morgan fingerprint density at radius 1 is 1.47 bits per heavy atom. The zero-order valence-corrected chi connectivity index (χ0v) is 11.2. The van der Waals surface area contributed by atoms with Crippen molar-refractivity contribution >= 4 is 0 Å². The van der Waals surface area contributed by atoms with Gasteiger partial charge in [-0.2, -0.15) is 5.10 Å². The van der Waals surface area contributed by atoms with Gasteiger partial charge >= 0.3 is 0 Å². The Balaban J connectivity index is 2.11. The van der Waals surface area contributed by atoms with Crippen LogP contribution in [0, 0.1) is 5.92 Å².